The lowest BCUT2D eigenvalue weighted by molar-refractivity contribution is 0.0889. The zero-order valence-corrected chi connectivity index (χ0v) is 9.37. The minimum Gasteiger partial charge on any atom is -0.388 e. The van der Waals surface area contributed by atoms with Crippen molar-refractivity contribution >= 4 is 11.6 Å². The van der Waals surface area contributed by atoms with Crippen LogP contribution in [0.3, 0.4) is 0 Å². The fourth-order valence-electron chi connectivity index (χ4n) is 2.12. The molecule has 0 aliphatic carbocycles. The molecule has 2 nitrogen and oxygen atoms in total. The number of halogens is 1. The van der Waals surface area contributed by atoms with Crippen molar-refractivity contribution < 1.29 is 5.11 Å². The predicted molar refractivity (Wildman–Crippen MR) is 62.0 cm³/mol. The van der Waals surface area contributed by atoms with E-state index in [9.17, 15) is 5.11 Å². The van der Waals surface area contributed by atoms with Gasteiger partial charge in [0.1, 0.15) is 0 Å². The number of aliphatic hydroxyl groups excluding tert-OH is 1. The first kappa shape index (κ1) is 10.9. The Morgan fingerprint density at radius 2 is 2.07 bits per heavy atom. The first-order valence-electron chi connectivity index (χ1n) is 5.41. The molecular weight excluding hydrogens is 210 g/mol. The lowest BCUT2D eigenvalue weighted by atomic mass is 9.88. The number of piperidine rings is 1. The summed E-state index contributed by atoms with van der Waals surface area (Å²) in [5.41, 5.74) is 0.939. The summed E-state index contributed by atoms with van der Waals surface area (Å²) in [6, 6.07) is 7.52. The van der Waals surface area contributed by atoms with Gasteiger partial charge in [-0.15, -0.1) is 0 Å². The van der Waals surface area contributed by atoms with E-state index in [-0.39, 0.29) is 6.10 Å². The molecule has 82 valence electrons. The van der Waals surface area contributed by atoms with Crippen LogP contribution in [0, 0.1) is 5.92 Å². The van der Waals surface area contributed by atoms with Gasteiger partial charge in [0.2, 0.25) is 0 Å². The molecule has 0 saturated carbocycles. The Hall–Kier alpha value is -0.570. The molecule has 1 heterocycles. The van der Waals surface area contributed by atoms with Crippen molar-refractivity contribution in [1.82, 2.24) is 5.32 Å². The molecule has 15 heavy (non-hydrogen) atoms. The van der Waals surface area contributed by atoms with E-state index in [1.54, 1.807) is 0 Å². The van der Waals surface area contributed by atoms with Gasteiger partial charge in [-0.25, -0.2) is 0 Å². The van der Waals surface area contributed by atoms with Crippen molar-refractivity contribution in [3.05, 3.63) is 34.9 Å². The van der Waals surface area contributed by atoms with E-state index >= 15 is 0 Å². The normalized spacial score (nSPS) is 20.1. The van der Waals surface area contributed by atoms with Crippen LogP contribution in [0.4, 0.5) is 0 Å². The maximum atomic E-state index is 10.2. The van der Waals surface area contributed by atoms with Crippen molar-refractivity contribution in [3.63, 3.8) is 0 Å². The predicted octanol–water partition coefficient (Wildman–Crippen LogP) is 2.37. The van der Waals surface area contributed by atoms with Crippen LogP contribution in [0.15, 0.2) is 24.3 Å². The van der Waals surface area contributed by atoms with Gasteiger partial charge in [0.25, 0.3) is 0 Å². The SMILES string of the molecule is OC(c1cccc(Cl)c1)C1CCNCC1. The maximum absolute atomic E-state index is 10.2. The lowest BCUT2D eigenvalue weighted by Crippen LogP contribution is -2.30. The van der Waals surface area contributed by atoms with E-state index in [0.29, 0.717) is 10.9 Å². The molecule has 2 rings (SSSR count). The average Bonchev–Trinajstić information content (AvgIpc) is 2.29. The second kappa shape index (κ2) is 4.97. The Morgan fingerprint density at radius 3 is 2.73 bits per heavy atom. The van der Waals surface area contributed by atoms with Gasteiger partial charge in [0, 0.05) is 5.02 Å². The molecule has 0 bridgehead atoms. The highest BCUT2D eigenvalue weighted by atomic mass is 35.5. The zero-order valence-electron chi connectivity index (χ0n) is 8.62. The molecule has 0 radical (unpaired) electrons. The molecule has 1 aromatic rings. The van der Waals surface area contributed by atoms with Crippen molar-refractivity contribution in [2.75, 3.05) is 13.1 Å². The number of rotatable bonds is 2. The molecule has 1 aliphatic heterocycles. The summed E-state index contributed by atoms with van der Waals surface area (Å²) in [6.07, 6.45) is 1.70. The van der Waals surface area contributed by atoms with Crippen LogP contribution < -0.4 is 5.32 Å². The van der Waals surface area contributed by atoms with E-state index in [0.717, 1.165) is 31.5 Å². The van der Waals surface area contributed by atoms with Gasteiger partial charge in [-0.1, -0.05) is 23.7 Å². The molecule has 2 N–H and O–H groups in total. The number of hydrogen-bond donors (Lipinski definition) is 2. The first-order valence-corrected chi connectivity index (χ1v) is 5.79. The van der Waals surface area contributed by atoms with E-state index in [1.807, 2.05) is 24.3 Å². The van der Waals surface area contributed by atoms with Gasteiger partial charge in [0.05, 0.1) is 6.10 Å². The fourth-order valence-corrected chi connectivity index (χ4v) is 2.32. The van der Waals surface area contributed by atoms with E-state index in [4.69, 9.17) is 11.6 Å². The Balaban J connectivity index is 2.08. The third kappa shape index (κ3) is 2.71. The zero-order chi connectivity index (χ0) is 10.7. The van der Waals surface area contributed by atoms with Gasteiger partial charge in [-0.3, -0.25) is 0 Å². The quantitative estimate of drug-likeness (QED) is 0.810. The number of hydrogen-bond acceptors (Lipinski definition) is 2. The minimum atomic E-state index is -0.370. The van der Waals surface area contributed by atoms with Crippen LogP contribution in [-0.4, -0.2) is 18.2 Å². The summed E-state index contributed by atoms with van der Waals surface area (Å²) in [5.74, 6) is 0.365. The smallest absolute Gasteiger partial charge is 0.0819 e. The van der Waals surface area contributed by atoms with Crippen molar-refractivity contribution in [2.24, 2.45) is 5.92 Å². The summed E-state index contributed by atoms with van der Waals surface area (Å²) in [4.78, 5) is 0. The molecule has 1 unspecified atom stereocenters. The lowest BCUT2D eigenvalue weighted by Gasteiger charge is -2.27. The topological polar surface area (TPSA) is 32.3 Å². The highest BCUT2D eigenvalue weighted by molar-refractivity contribution is 6.30. The van der Waals surface area contributed by atoms with Gasteiger partial charge in [-0.2, -0.15) is 0 Å². The standard InChI is InChI=1S/C12H16ClNO/c13-11-3-1-2-10(8-11)12(15)9-4-6-14-7-5-9/h1-3,8-9,12,14-15H,4-7H2. The van der Waals surface area contributed by atoms with Crippen LogP contribution in [0.25, 0.3) is 0 Å². The monoisotopic (exact) mass is 225 g/mol. The Bertz CT molecular complexity index is 323. The molecule has 1 aromatic carbocycles. The number of nitrogens with one attached hydrogen (secondary N) is 1. The van der Waals surface area contributed by atoms with Gasteiger partial charge < -0.3 is 10.4 Å². The maximum Gasteiger partial charge on any atom is 0.0819 e. The van der Waals surface area contributed by atoms with Gasteiger partial charge in [0.15, 0.2) is 0 Å². The third-order valence-corrected chi connectivity index (χ3v) is 3.26. The minimum absolute atomic E-state index is 0.365. The fraction of sp³-hybridized carbons (Fsp3) is 0.500. The molecule has 1 saturated heterocycles. The highest BCUT2D eigenvalue weighted by Crippen LogP contribution is 2.29. The van der Waals surface area contributed by atoms with Crippen LogP contribution in [0.2, 0.25) is 5.02 Å². The largest absolute Gasteiger partial charge is 0.388 e. The van der Waals surface area contributed by atoms with E-state index in [1.165, 1.54) is 0 Å². The Kier molecular flexibility index (Phi) is 3.62. The third-order valence-electron chi connectivity index (χ3n) is 3.02. The number of aliphatic hydroxyl groups is 1. The van der Waals surface area contributed by atoms with E-state index in [2.05, 4.69) is 5.32 Å². The molecule has 3 heteroatoms. The molecule has 1 aliphatic rings. The second-order valence-electron chi connectivity index (χ2n) is 4.09. The highest BCUT2D eigenvalue weighted by Gasteiger charge is 2.22. The number of benzene rings is 1. The molecule has 1 fully saturated rings. The average molecular weight is 226 g/mol. The molecular formula is C12H16ClNO. The summed E-state index contributed by atoms with van der Waals surface area (Å²) >= 11 is 5.90. The summed E-state index contributed by atoms with van der Waals surface area (Å²) < 4.78 is 0. The summed E-state index contributed by atoms with van der Waals surface area (Å²) in [6.45, 7) is 2.00. The molecule has 1 atom stereocenters. The second-order valence-corrected chi connectivity index (χ2v) is 4.52. The van der Waals surface area contributed by atoms with Crippen molar-refractivity contribution in [1.29, 1.82) is 0 Å². The van der Waals surface area contributed by atoms with Gasteiger partial charge >= 0.3 is 0 Å². The first-order chi connectivity index (χ1) is 7.27. The van der Waals surface area contributed by atoms with E-state index < -0.39 is 0 Å². The van der Waals surface area contributed by atoms with Crippen molar-refractivity contribution in [2.45, 2.75) is 18.9 Å². The molecule has 0 spiro atoms. The summed E-state index contributed by atoms with van der Waals surface area (Å²) in [7, 11) is 0. The van der Waals surface area contributed by atoms with Crippen molar-refractivity contribution in [3.8, 4) is 0 Å². The van der Waals surface area contributed by atoms with Crippen LogP contribution in [-0.2, 0) is 0 Å². The molecule has 0 aromatic heterocycles. The van der Waals surface area contributed by atoms with Crippen LogP contribution >= 0.6 is 11.6 Å². The summed E-state index contributed by atoms with van der Waals surface area (Å²) in [5, 5.41) is 14.2. The van der Waals surface area contributed by atoms with Crippen LogP contribution in [0.1, 0.15) is 24.5 Å². The van der Waals surface area contributed by atoms with Gasteiger partial charge in [-0.05, 0) is 49.5 Å². The molecule has 0 amide bonds. The van der Waals surface area contributed by atoms with Crippen LogP contribution in [0.5, 0.6) is 0 Å². The Labute approximate surface area is 95.3 Å². The Morgan fingerprint density at radius 1 is 1.33 bits per heavy atom.